The van der Waals surface area contributed by atoms with Crippen LogP contribution in [0.2, 0.25) is 0 Å². The summed E-state index contributed by atoms with van der Waals surface area (Å²) in [6.07, 6.45) is 6.02. The number of carbonyl (C=O) groups is 2. The third kappa shape index (κ3) is 5.35. The van der Waals surface area contributed by atoms with Crippen molar-refractivity contribution in [2.45, 2.75) is 50.9 Å². The van der Waals surface area contributed by atoms with E-state index in [9.17, 15) is 9.59 Å². The molecule has 0 aromatic heterocycles. The van der Waals surface area contributed by atoms with Gasteiger partial charge in [-0.25, -0.2) is 0 Å². The van der Waals surface area contributed by atoms with E-state index in [4.69, 9.17) is 9.47 Å². The fraction of sp³-hybridized carbons (Fsp3) is 0.524. The molecule has 0 radical (unpaired) electrons. The smallest absolute Gasteiger partial charge is 0.302 e. The van der Waals surface area contributed by atoms with Gasteiger partial charge in [-0.2, -0.15) is 0 Å². The quantitative estimate of drug-likeness (QED) is 0.570. The molecule has 0 saturated heterocycles. The summed E-state index contributed by atoms with van der Waals surface area (Å²) >= 11 is 0. The molecule has 0 heterocycles. The molecular weight excluding hydrogens is 330 g/mol. The van der Waals surface area contributed by atoms with Gasteiger partial charge in [0.15, 0.2) is 0 Å². The second kappa shape index (κ2) is 9.41. The minimum Gasteiger partial charge on any atom is -0.497 e. The third-order valence-electron chi connectivity index (χ3n) is 5.13. The van der Waals surface area contributed by atoms with E-state index in [2.05, 4.69) is 24.0 Å². The Balaban J connectivity index is 2.00. The molecule has 0 spiro atoms. The van der Waals surface area contributed by atoms with Crippen LogP contribution in [0.15, 0.2) is 36.4 Å². The van der Waals surface area contributed by atoms with E-state index in [1.165, 1.54) is 18.9 Å². The zero-order valence-corrected chi connectivity index (χ0v) is 15.8. The van der Waals surface area contributed by atoms with E-state index in [-0.39, 0.29) is 23.9 Å². The molecule has 2 rings (SSSR count). The lowest BCUT2D eigenvalue weighted by atomic mass is 9.69. The normalized spacial score (nSPS) is 15.8. The molecule has 1 aliphatic rings. The van der Waals surface area contributed by atoms with Crippen molar-refractivity contribution in [3.63, 3.8) is 0 Å². The number of ether oxygens (including phenoxy) is 2. The van der Waals surface area contributed by atoms with Crippen molar-refractivity contribution in [3.05, 3.63) is 42.0 Å². The van der Waals surface area contributed by atoms with Gasteiger partial charge < -0.3 is 14.8 Å². The Labute approximate surface area is 155 Å². The first-order chi connectivity index (χ1) is 12.5. The van der Waals surface area contributed by atoms with Crippen molar-refractivity contribution in [2.75, 3.05) is 20.3 Å². The molecule has 142 valence electrons. The Kier molecular flexibility index (Phi) is 7.25. The van der Waals surface area contributed by atoms with Crippen LogP contribution < -0.4 is 10.1 Å². The average Bonchev–Trinajstić information content (AvgIpc) is 2.66. The van der Waals surface area contributed by atoms with Gasteiger partial charge in [0.05, 0.1) is 13.7 Å². The Morgan fingerprint density at radius 2 is 1.81 bits per heavy atom. The Morgan fingerprint density at radius 1 is 1.15 bits per heavy atom. The summed E-state index contributed by atoms with van der Waals surface area (Å²) in [5, 5.41) is 3.05. The van der Waals surface area contributed by atoms with Crippen LogP contribution in [0.25, 0.3) is 0 Å². The van der Waals surface area contributed by atoms with E-state index in [1.54, 1.807) is 7.11 Å². The summed E-state index contributed by atoms with van der Waals surface area (Å²) in [5.74, 6) is 0.317. The molecule has 5 nitrogen and oxygen atoms in total. The van der Waals surface area contributed by atoms with Gasteiger partial charge in [-0.3, -0.25) is 9.59 Å². The van der Waals surface area contributed by atoms with Crippen LogP contribution in [0.4, 0.5) is 0 Å². The fourth-order valence-corrected chi connectivity index (χ4v) is 3.55. The molecule has 1 saturated carbocycles. The van der Waals surface area contributed by atoms with Crippen LogP contribution in [-0.2, 0) is 19.7 Å². The molecule has 1 aliphatic carbocycles. The van der Waals surface area contributed by atoms with Crippen molar-refractivity contribution in [1.82, 2.24) is 5.32 Å². The van der Waals surface area contributed by atoms with Gasteiger partial charge in [0, 0.05) is 30.9 Å². The van der Waals surface area contributed by atoms with E-state index in [1.807, 2.05) is 12.1 Å². The molecule has 1 N–H and O–H groups in total. The van der Waals surface area contributed by atoms with Crippen LogP contribution in [-0.4, -0.2) is 32.1 Å². The topological polar surface area (TPSA) is 64.6 Å². The summed E-state index contributed by atoms with van der Waals surface area (Å²) in [6.45, 7) is 5.94. The molecule has 26 heavy (non-hydrogen) atoms. The number of methoxy groups -OCH3 is 1. The maximum atomic E-state index is 12.4. The molecule has 0 atom stereocenters. The van der Waals surface area contributed by atoms with E-state index < -0.39 is 0 Å². The highest BCUT2D eigenvalue weighted by molar-refractivity contribution is 5.92. The lowest BCUT2D eigenvalue weighted by molar-refractivity contribution is -0.141. The van der Waals surface area contributed by atoms with Gasteiger partial charge in [0.25, 0.3) is 0 Å². The first kappa shape index (κ1) is 20.0. The minimum absolute atomic E-state index is 0.0453. The van der Waals surface area contributed by atoms with E-state index in [0.717, 1.165) is 31.4 Å². The first-order valence-electron chi connectivity index (χ1n) is 9.21. The summed E-state index contributed by atoms with van der Waals surface area (Å²) in [5.41, 5.74) is 1.63. The van der Waals surface area contributed by atoms with Crippen molar-refractivity contribution >= 4 is 11.9 Å². The number of esters is 1. The predicted molar refractivity (Wildman–Crippen MR) is 101 cm³/mol. The second-order valence-electron chi connectivity index (χ2n) is 6.95. The number of nitrogens with one attached hydrogen (secondary N) is 1. The molecule has 0 aliphatic heterocycles. The molecule has 5 heteroatoms. The van der Waals surface area contributed by atoms with Crippen LogP contribution in [0, 0.1) is 0 Å². The maximum Gasteiger partial charge on any atom is 0.302 e. The number of hydrogen-bond donors (Lipinski definition) is 1. The zero-order chi connectivity index (χ0) is 19.0. The SMILES string of the molecule is C=C(CCOC(C)=O)C(=O)NCC1(c2ccc(OC)cc2)CCCCC1. The number of benzene rings is 1. The highest BCUT2D eigenvalue weighted by Crippen LogP contribution is 2.39. The molecular formula is C21H29NO4. The summed E-state index contributed by atoms with van der Waals surface area (Å²) in [6, 6.07) is 8.16. The van der Waals surface area contributed by atoms with Crippen molar-refractivity contribution < 1.29 is 19.1 Å². The van der Waals surface area contributed by atoms with Gasteiger partial charge >= 0.3 is 5.97 Å². The van der Waals surface area contributed by atoms with Crippen LogP contribution in [0.5, 0.6) is 5.75 Å². The summed E-state index contributed by atoms with van der Waals surface area (Å²) < 4.78 is 10.1. The largest absolute Gasteiger partial charge is 0.497 e. The summed E-state index contributed by atoms with van der Waals surface area (Å²) in [7, 11) is 1.66. The zero-order valence-electron chi connectivity index (χ0n) is 15.8. The molecule has 1 amide bonds. The van der Waals surface area contributed by atoms with Crippen LogP contribution >= 0.6 is 0 Å². The highest BCUT2D eigenvalue weighted by Gasteiger charge is 2.34. The molecule has 0 unspecified atom stereocenters. The predicted octanol–water partition coefficient (Wildman–Crippen LogP) is 3.52. The van der Waals surface area contributed by atoms with Gasteiger partial charge in [-0.1, -0.05) is 38.0 Å². The van der Waals surface area contributed by atoms with Gasteiger partial charge in [-0.05, 0) is 30.5 Å². The van der Waals surface area contributed by atoms with Crippen molar-refractivity contribution in [2.24, 2.45) is 0 Å². The lowest BCUT2D eigenvalue weighted by Gasteiger charge is -2.38. The minimum atomic E-state index is -0.348. The van der Waals surface area contributed by atoms with Crippen molar-refractivity contribution in [3.8, 4) is 5.75 Å². The van der Waals surface area contributed by atoms with Gasteiger partial charge in [0.2, 0.25) is 5.91 Å². The number of hydrogen-bond acceptors (Lipinski definition) is 4. The second-order valence-corrected chi connectivity index (χ2v) is 6.95. The highest BCUT2D eigenvalue weighted by atomic mass is 16.5. The number of amides is 1. The Morgan fingerprint density at radius 3 is 2.38 bits per heavy atom. The van der Waals surface area contributed by atoms with Crippen molar-refractivity contribution in [1.29, 1.82) is 0 Å². The number of rotatable bonds is 8. The summed E-state index contributed by atoms with van der Waals surface area (Å²) in [4.78, 5) is 23.2. The van der Waals surface area contributed by atoms with Crippen LogP contribution in [0.1, 0.15) is 51.0 Å². The molecule has 1 fully saturated rings. The van der Waals surface area contributed by atoms with E-state index in [0.29, 0.717) is 18.5 Å². The van der Waals surface area contributed by atoms with E-state index >= 15 is 0 Å². The number of carbonyl (C=O) groups excluding carboxylic acids is 2. The van der Waals surface area contributed by atoms with Crippen LogP contribution in [0.3, 0.4) is 0 Å². The monoisotopic (exact) mass is 359 g/mol. The third-order valence-corrected chi connectivity index (χ3v) is 5.13. The molecule has 1 aromatic rings. The van der Waals surface area contributed by atoms with Gasteiger partial charge in [-0.15, -0.1) is 0 Å². The molecule has 1 aromatic carbocycles. The van der Waals surface area contributed by atoms with Gasteiger partial charge in [0.1, 0.15) is 5.75 Å². The molecule has 0 bridgehead atoms. The first-order valence-corrected chi connectivity index (χ1v) is 9.21. The lowest BCUT2D eigenvalue weighted by Crippen LogP contribution is -2.42. The maximum absolute atomic E-state index is 12.4. The average molecular weight is 359 g/mol. The Hall–Kier alpha value is -2.30. The fourth-order valence-electron chi connectivity index (χ4n) is 3.55. The standard InChI is InChI=1S/C21H29NO4/c1-16(11-14-26-17(2)23)20(24)22-15-21(12-5-4-6-13-21)18-7-9-19(25-3)10-8-18/h7-10H,1,4-6,11-15H2,2-3H3,(H,22,24). The Bertz CT molecular complexity index is 630.